The number of hydrogen-bond donors (Lipinski definition) is 2. The van der Waals surface area contributed by atoms with Crippen LogP contribution in [0, 0.1) is 0 Å². The zero-order valence-corrected chi connectivity index (χ0v) is 17.0. The Balaban J connectivity index is 1.47. The first-order valence-electron chi connectivity index (χ1n) is 9.93. The highest BCUT2D eigenvalue weighted by Gasteiger charge is 2.52. The quantitative estimate of drug-likeness (QED) is 0.729. The van der Waals surface area contributed by atoms with Crippen molar-refractivity contribution in [2.24, 2.45) is 0 Å². The lowest BCUT2D eigenvalue weighted by molar-refractivity contribution is -0.134. The van der Waals surface area contributed by atoms with Gasteiger partial charge in [0.1, 0.15) is 5.54 Å². The van der Waals surface area contributed by atoms with Crippen molar-refractivity contribution < 1.29 is 14.3 Å². The molecule has 2 aliphatic heterocycles. The van der Waals surface area contributed by atoms with Gasteiger partial charge in [0.15, 0.2) is 0 Å². The van der Waals surface area contributed by atoms with Gasteiger partial charge >= 0.3 is 0 Å². The van der Waals surface area contributed by atoms with Crippen molar-refractivity contribution in [3.8, 4) is 0 Å². The summed E-state index contributed by atoms with van der Waals surface area (Å²) < 4.78 is 6.17. The van der Waals surface area contributed by atoms with Crippen molar-refractivity contribution >= 4 is 33.2 Å². The van der Waals surface area contributed by atoms with Crippen LogP contribution in [-0.2, 0) is 9.53 Å². The van der Waals surface area contributed by atoms with Crippen LogP contribution in [0.1, 0.15) is 36.0 Å². The number of rotatable bonds is 6. The van der Waals surface area contributed by atoms with Crippen LogP contribution in [0.3, 0.4) is 0 Å². The van der Waals surface area contributed by atoms with E-state index in [1.54, 1.807) is 18.4 Å². The molecule has 3 heterocycles. The Morgan fingerprint density at radius 1 is 1.32 bits per heavy atom. The molecule has 7 heteroatoms. The van der Waals surface area contributed by atoms with Gasteiger partial charge in [-0.15, -0.1) is 11.3 Å². The highest BCUT2D eigenvalue weighted by atomic mass is 32.1. The molecule has 0 unspecified atom stereocenters. The average molecular weight is 402 g/mol. The van der Waals surface area contributed by atoms with Crippen LogP contribution in [0.15, 0.2) is 29.6 Å². The monoisotopic (exact) mass is 401 g/mol. The van der Waals surface area contributed by atoms with Crippen molar-refractivity contribution in [2.75, 3.05) is 33.4 Å². The molecule has 2 aromatic rings. The number of amides is 2. The zero-order chi connectivity index (χ0) is 19.6. The predicted molar refractivity (Wildman–Crippen MR) is 111 cm³/mol. The van der Waals surface area contributed by atoms with Gasteiger partial charge in [-0.2, -0.15) is 0 Å². The maximum absolute atomic E-state index is 13.0. The molecule has 28 heavy (non-hydrogen) atoms. The molecule has 0 saturated carbocycles. The Kier molecular flexibility index (Phi) is 5.66. The lowest BCUT2D eigenvalue weighted by Crippen LogP contribution is -2.57. The van der Waals surface area contributed by atoms with Crippen molar-refractivity contribution in [2.45, 2.75) is 37.3 Å². The molecule has 2 fully saturated rings. The number of thiophene rings is 1. The summed E-state index contributed by atoms with van der Waals surface area (Å²) in [4.78, 5) is 28.2. The predicted octanol–water partition coefficient (Wildman–Crippen LogP) is 2.39. The molecule has 2 saturated heterocycles. The first-order chi connectivity index (χ1) is 13.6. The molecule has 2 N–H and O–H groups in total. The van der Waals surface area contributed by atoms with E-state index < -0.39 is 5.54 Å². The van der Waals surface area contributed by atoms with Gasteiger partial charge in [-0.25, -0.2) is 0 Å². The number of hydrogen-bond acceptors (Lipinski definition) is 5. The molecule has 0 radical (unpaired) electrons. The van der Waals surface area contributed by atoms with Gasteiger partial charge in [-0.1, -0.05) is 18.2 Å². The zero-order valence-electron chi connectivity index (χ0n) is 16.2. The van der Waals surface area contributed by atoms with E-state index in [1.165, 1.54) is 0 Å². The number of carbonyl (C=O) groups is 2. The van der Waals surface area contributed by atoms with Crippen LogP contribution < -0.4 is 10.6 Å². The number of fused-ring (bicyclic) bond motifs is 2. The number of methoxy groups -OCH3 is 1. The second kappa shape index (κ2) is 8.19. The number of ether oxygens (including phenoxy) is 1. The molecule has 0 bridgehead atoms. The van der Waals surface area contributed by atoms with Crippen LogP contribution >= 0.6 is 11.3 Å². The van der Waals surface area contributed by atoms with E-state index in [1.807, 2.05) is 29.6 Å². The highest BCUT2D eigenvalue weighted by Crippen LogP contribution is 2.38. The Morgan fingerprint density at radius 2 is 2.18 bits per heavy atom. The van der Waals surface area contributed by atoms with E-state index in [-0.39, 0.29) is 17.9 Å². The van der Waals surface area contributed by atoms with E-state index in [9.17, 15) is 9.59 Å². The molecule has 0 aliphatic carbocycles. The molecule has 4 rings (SSSR count). The van der Waals surface area contributed by atoms with Gasteiger partial charge in [0.05, 0.1) is 12.2 Å². The number of piperidine rings is 1. The van der Waals surface area contributed by atoms with Crippen LogP contribution in [0.25, 0.3) is 10.1 Å². The summed E-state index contributed by atoms with van der Waals surface area (Å²) in [5.74, 6) is 0.0271. The lowest BCUT2D eigenvalue weighted by atomic mass is 9.84. The number of nitrogens with one attached hydrogen (secondary N) is 2. The summed E-state index contributed by atoms with van der Waals surface area (Å²) >= 11 is 1.59. The van der Waals surface area contributed by atoms with Gasteiger partial charge in [0.2, 0.25) is 5.91 Å². The lowest BCUT2D eigenvalue weighted by Gasteiger charge is -2.40. The minimum atomic E-state index is -0.499. The first-order valence-corrected chi connectivity index (χ1v) is 10.8. The second-order valence-electron chi connectivity index (χ2n) is 7.70. The molecular weight excluding hydrogens is 374 g/mol. The third kappa shape index (κ3) is 3.54. The summed E-state index contributed by atoms with van der Waals surface area (Å²) in [7, 11) is 1.63. The fraction of sp³-hybridized carbons (Fsp3) is 0.524. The normalized spacial score (nSPS) is 24.8. The summed E-state index contributed by atoms with van der Waals surface area (Å²) in [6, 6.07) is 7.95. The Hall–Kier alpha value is -1.96. The van der Waals surface area contributed by atoms with E-state index in [4.69, 9.17) is 4.74 Å². The number of benzene rings is 1. The Labute approximate surface area is 169 Å². The molecule has 2 amide bonds. The maximum atomic E-state index is 13.0. The fourth-order valence-corrected chi connectivity index (χ4v) is 5.56. The van der Waals surface area contributed by atoms with Gasteiger partial charge < -0.3 is 15.4 Å². The number of nitrogens with zero attached hydrogens (tertiary/aromatic N) is 1. The van der Waals surface area contributed by atoms with Crippen LogP contribution in [0.4, 0.5) is 0 Å². The van der Waals surface area contributed by atoms with Crippen molar-refractivity contribution in [1.29, 1.82) is 0 Å². The molecular formula is C21H27N3O3S. The van der Waals surface area contributed by atoms with Gasteiger partial charge in [-0.3, -0.25) is 14.5 Å². The maximum Gasteiger partial charge on any atom is 0.253 e. The summed E-state index contributed by atoms with van der Waals surface area (Å²) in [5, 5.41) is 9.14. The average Bonchev–Trinajstić information content (AvgIpc) is 3.29. The summed E-state index contributed by atoms with van der Waals surface area (Å²) in [6.45, 7) is 2.66. The minimum Gasteiger partial charge on any atom is -0.383 e. The van der Waals surface area contributed by atoms with E-state index in [0.717, 1.165) is 48.0 Å². The van der Waals surface area contributed by atoms with E-state index in [2.05, 4.69) is 15.5 Å². The molecule has 0 spiro atoms. The first kappa shape index (κ1) is 19.4. The minimum absolute atomic E-state index is 0.0163. The van der Waals surface area contributed by atoms with Crippen LogP contribution in [0.5, 0.6) is 0 Å². The Bertz CT molecular complexity index is 867. The van der Waals surface area contributed by atoms with Crippen LogP contribution in [-0.4, -0.2) is 61.6 Å². The Morgan fingerprint density at radius 3 is 3.04 bits per heavy atom. The number of carbonyl (C=O) groups excluding carboxylic acids is 2. The third-order valence-electron chi connectivity index (χ3n) is 5.97. The smallest absolute Gasteiger partial charge is 0.253 e. The molecule has 150 valence electrons. The summed E-state index contributed by atoms with van der Waals surface area (Å²) in [6.07, 6.45) is 3.66. The SMILES string of the molecule is COCCNC(=O)[C@]12CCCCN1C[C@@H](NC(=O)c1csc3ccccc13)C2. The molecule has 1 aromatic carbocycles. The topological polar surface area (TPSA) is 70.7 Å². The van der Waals surface area contributed by atoms with E-state index >= 15 is 0 Å². The van der Waals surface area contributed by atoms with E-state index in [0.29, 0.717) is 19.6 Å². The molecule has 2 atom stereocenters. The molecule has 2 aliphatic rings. The third-order valence-corrected chi connectivity index (χ3v) is 6.94. The summed E-state index contributed by atoms with van der Waals surface area (Å²) in [5.41, 5.74) is 0.227. The molecule has 1 aromatic heterocycles. The van der Waals surface area contributed by atoms with Gasteiger partial charge in [0.25, 0.3) is 5.91 Å². The van der Waals surface area contributed by atoms with Crippen molar-refractivity contribution in [3.05, 3.63) is 35.2 Å². The van der Waals surface area contributed by atoms with Gasteiger partial charge in [0, 0.05) is 41.7 Å². The standard InChI is InChI=1S/C21H27N3O3S/c1-27-11-9-22-20(26)21-8-4-5-10-24(21)13-15(12-21)23-19(25)17-14-28-18-7-3-2-6-16(17)18/h2-3,6-7,14-15H,4-5,8-13H2,1H3,(H,22,26)(H,23,25)/t15-,21+/m0/s1. The second-order valence-corrected chi connectivity index (χ2v) is 8.61. The molecule has 6 nitrogen and oxygen atoms in total. The van der Waals surface area contributed by atoms with Gasteiger partial charge in [-0.05, 0) is 38.3 Å². The largest absolute Gasteiger partial charge is 0.383 e. The van der Waals surface area contributed by atoms with Crippen molar-refractivity contribution in [1.82, 2.24) is 15.5 Å². The highest BCUT2D eigenvalue weighted by molar-refractivity contribution is 7.17. The van der Waals surface area contributed by atoms with Crippen molar-refractivity contribution in [3.63, 3.8) is 0 Å². The van der Waals surface area contributed by atoms with Crippen LogP contribution in [0.2, 0.25) is 0 Å². The fourth-order valence-electron chi connectivity index (χ4n) is 4.62.